The summed E-state index contributed by atoms with van der Waals surface area (Å²) in [5, 5.41) is 7.57. The third kappa shape index (κ3) is 6.32. The molecule has 1 saturated heterocycles. The Morgan fingerprint density at radius 1 is 1.38 bits per heavy atom. The molecule has 2 aromatic rings. The summed E-state index contributed by atoms with van der Waals surface area (Å²) in [6, 6.07) is 0.997. The van der Waals surface area contributed by atoms with Crippen LogP contribution in [0.25, 0.3) is 0 Å². The maximum Gasteiger partial charge on any atom is 0.417 e. The molecule has 0 radical (unpaired) electrons. The maximum absolute atomic E-state index is 12.8. The van der Waals surface area contributed by atoms with Gasteiger partial charge in [-0.25, -0.2) is 9.97 Å². The number of nitrogens with zero attached hydrogens (tertiary/aromatic N) is 4. The van der Waals surface area contributed by atoms with Crippen molar-refractivity contribution in [2.45, 2.75) is 32.1 Å². The molecule has 3 rings (SSSR count). The summed E-state index contributed by atoms with van der Waals surface area (Å²) in [5.41, 5.74) is -0.849. The summed E-state index contributed by atoms with van der Waals surface area (Å²) in [7, 11) is 1.69. The van der Waals surface area contributed by atoms with Crippen molar-refractivity contribution in [3.8, 4) is 0 Å². The first-order chi connectivity index (χ1) is 13.3. The second-order valence-electron chi connectivity index (χ2n) is 6.37. The summed E-state index contributed by atoms with van der Waals surface area (Å²) >= 11 is 7.67. The Morgan fingerprint density at radius 3 is 2.72 bits per heavy atom. The van der Waals surface area contributed by atoms with Gasteiger partial charge in [-0.05, 0) is 19.4 Å². The first kappa shape index (κ1) is 23.9. The van der Waals surface area contributed by atoms with Crippen LogP contribution in [-0.4, -0.2) is 42.1 Å². The van der Waals surface area contributed by atoms with Crippen molar-refractivity contribution < 1.29 is 13.2 Å². The largest absolute Gasteiger partial charge is 0.417 e. The van der Waals surface area contributed by atoms with E-state index in [0.29, 0.717) is 31.4 Å². The topological polar surface area (TPSA) is 65.4 Å². The van der Waals surface area contributed by atoms with Crippen LogP contribution in [0.4, 0.5) is 19.0 Å². The molecular weight excluding hydrogens is 540 g/mol. The van der Waals surface area contributed by atoms with Gasteiger partial charge in [-0.2, -0.15) is 13.2 Å². The van der Waals surface area contributed by atoms with Crippen molar-refractivity contribution in [1.29, 1.82) is 0 Å². The standard InChI is InChI=1S/C17H20ClF3N6S.HI/c1-10-23-7-13(28-10)8-25-16(22-2)26-12-3-4-27(9-12)15-14(18)5-11(6-24-15)17(19,20)21;/h5-7,12H,3-4,8-9H2,1-2H3,(H2,22,25,26);1H. The van der Waals surface area contributed by atoms with Crippen molar-refractivity contribution in [1.82, 2.24) is 20.6 Å². The molecule has 160 valence electrons. The predicted octanol–water partition coefficient (Wildman–Crippen LogP) is 4.08. The molecule has 2 aromatic heterocycles. The third-order valence-corrected chi connectivity index (χ3v) is 5.49. The minimum Gasteiger partial charge on any atom is -0.353 e. The van der Waals surface area contributed by atoms with Crippen LogP contribution >= 0.6 is 46.9 Å². The monoisotopic (exact) mass is 560 g/mol. The molecule has 12 heteroatoms. The van der Waals surface area contributed by atoms with Crippen LogP contribution in [0.3, 0.4) is 0 Å². The number of halogens is 5. The molecule has 0 amide bonds. The molecule has 1 aliphatic rings. The molecule has 6 nitrogen and oxygen atoms in total. The second-order valence-corrected chi connectivity index (χ2v) is 8.10. The zero-order valence-electron chi connectivity index (χ0n) is 15.8. The fourth-order valence-corrected chi connectivity index (χ4v) is 3.96. The average Bonchev–Trinajstić information content (AvgIpc) is 3.26. The first-order valence-electron chi connectivity index (χ1n) is 8.62. The van der Waals surface area contributed by atoms with Gasteiger partial charge in [0.05, 0.1) is 22.1 Å². The number of alkyl halides is 3. The molecule has 1 atom stereocenters. The number of aryl methyl sites for hydroxylation is 1. The Hall–Kier alpha value is -1.34. The molecule has 0 spiro atoms. The Morgan fingerprint density at radius 2 is 2.14 bits per heavy atom. The predicted molar refractivity (Wildman–Crippen MR) is 120 cm³/mol. The summed E-state index contributed by atoms with van der Waals surface area (Å²) in [6.07, 6.45) is -1.02. The summed E-state index contributed by atoms with van der Waals surface area (Å²) in [6.45, 7) is 3.78. The van der Waals surface area contributed by atoms with E-state index in [-0.39, 0.29) is 35.0 Å². The van der Waals surface area contributed by atoms with E-state index >= 15 is 0 Å². The number of hydrogen-bond acceptors (Lipinski definition) is 5. The lowest BCUT2D eigenvalue weighted by Gasteiger charge is -2.21. The normalized spacial score (nSPS) is 17.2. The van der Waals surface area contributed by atoms with Gasteiger partial charge < -0.3 is 15.5 Å². The Labute approximate surface area is 193 Å². The zero-order chi connectivity index (χ0) is 20.3. The SMILES string of the molecule is CN=C(NCc1cnc(C)s1)NC1CCN(c2ncc(C(F)(F)F)cc2Cl)C1.I. The fraction of sp³-hybridized carbons (Fsp3) is 0.471. The van der Waals surface area contributed by atoms with Crippen LogP contribution < -0.4 is 15.5 Å². The van der Waals surface area contributed by atoms with Crippen LogP contribution in [-0.2, 0) is 12.7 Å². The van der Waals surface area contributed by atoms with Crippen molar-refractivity contribution in [3.05, 3.63) is 38.9 Å². The van der Waals surface area contributed by atoms with Crippen molar-refractivity contribution in [3.63, 3.8) is 0 Å². The van der Waals surface area contributed by atoms with E-state index in [0.717, 1.165) is 28.6 Å². The highest BCUT2D eigenvalue weighted by molar-refractivity contribution is 14.0. The van der Waals surface area contributed by atoms with Gasteiger partial charge in [0.1, 0.15) is 5.82 Å². The van der Waals surface area contributed by atoms with Gasteiger partial charge in [0.2, 0.25) is 0 Å². The summed E-state index contributed by atoms with van der Waals surface area (Å²) < 4.78 is 38.3. The highest BCUT2D eigenvalue weighted by Gasteiger charge is 2.33. The molecule has 0 aromatic carbocycles. The van der Waals surface area contributed by atoms with Gasteiger partial charge in [-0.15, -0.1) is 35.3 Å². The van der Waals surface area contributed by atoms with Crippen LogP contribution in [0.15, 0.2) is 23.5 Å². The van der Waals surface area contributed by atoms with Gasteiger partial charge in [-0.3, -0.25) is 4.99 Å². The van der Waals surface area contributed by atoms with Crippen molar-refractivity contribution in [2.75, 3.05) is 25.0 Å². The van der Waals surface area contributed by atoms with Crippen LogP contribution in [0.5, 0.6) is 0 Å². The van der Waals surface area contributed by atoms with Crippen molar-refractivity contribution >= 4 is 58.7 Å². The van der Waals surface area contributed by atoms with Gasteiger partial charge in [0.15, 0.2) is 5.96 Å². The molecular formula is C17H21ClF3IN6S. The van der Waals surface area contributed by atoms with E-state index in [1.807, 2.05) is 18.0 Å². The molecule has 29 heavy (non-hydrogen) atoms. The minimum atomic E-state index is -4.46. The number of pyridine rings is 1. The fourth-order valence-electron chi connectivity index (χ4n) is 2.93. The average molecular weight is 561 g/mol. The highest BCUT2D eigenvalue weighted by atomic mass is 127. The smallest absolute Gasteiger partial charge is 0.353 e. The molecule has 1 aliphatic heterocycles. The molecule has 1 unspecified atom stereocenters. The molecule has 2 N–H and O–H groups in total. The first-order valence-corrected chi connectivity index (χ1v) is 9.82. The minimum absolute atomic E-state index is 0. The van der Waals surface area contributed by atoms with E-state index < -0.39 is 11.7 Å². The van der Waals surface area contributed by atoms with Gasteiger partial charge in [-0.1, -0.05) is 11.6 Å². The Kier molecular flexibility index (Phi) is 8.35. The van der Waals surface area contributed by atoms with E-state index in [9.17, 15) is 13.2 Å². The number of hydrogen-bond donors (Lipinski definition) is 2. The zero-order valence-corrected chi connectivity index (χ0v) is 19.7. The van der Waals surface area contributed by atoms with E-state index in [4.69, 9.17) is 11.6 Å². The van der Waals surface area contributed by atoms with Crippen molar-refractivity contribution in [2.24, 2.45) is 4.99 Å². The van der Waals surface area contributed by atoms with Gasteiger partial charge >= 0.3 is 6.18 Å². The lowest BCUT2D eigenvalue weighted by Crippen LogP contribution is -2.44. The number of guanidine groups is 1. The number of aliphatic imine (C=N–C) groups is 1. The van der Waals surface area contributed by atoms with Gasteiger partial charge in [0.25, 0.3) is 0 Å². The number of rotatable bonds is 4. The van der Waals surface area contributed by atoms with Crippen LogP contribution in [0.1, 0.15) is 21.9 Å². The highest BCUT2D eigenvalue weighted by Crippen LogP contribution is 2.34. The number of thiazole rings is 1. The molecule has 1 fully saturated rings. The van der Waals surface area contributed by atoms with Crippen LogP contribution in [0, 0.1) is 6.92 Å². The lowest BCUT2D eigenvalue weighted by atomic mass is 10.2. The van der Waals surface area contributed by atoms with E-state index in [1.54, 1.807) is 18.4 Å². The Bertz CT molecular complexity index is 860. The van der Waals surface area contributed by atoms with E-state index in [1.165, 1.54) is 0 Å². The molecule has 0 aliphatic carbocycles. The lowest BCUT2D eigenvalue weighted by molar-refractivity contribution is -0.137. The number of nitrogens with one attached hydrogen (secondary N) is 2. The maximum atomic E-state index is 12.8. The quantitative estimate of drug-likeness (QED) is 0.335. The number of anilines is 1. The molecule has 0 saturated carbocycles. The van der Waals surface area contributed by atoms with E-state index in [2.05, 4.69) is 25.6 Å². The second kappa shape index (κ2) is 10.1. The molecule has 0 bridgehead atoms. The number of aromatic nitrogens is 2. The molecule has 3 heterocycles. The summed E-state index contributed by atoms with van der Waals surface area (Å²) in [5.74, 6) is 1.02. The van der Waals surface area contributed by atoms with Crippen LogP contribution in [0.2, 0.25) is 5.02 Å². The van der Waals surface area contributed by atoms with Gasteiger partial charge in [0, 0.05) is 43.4 Å². The third-order valence-electron chi connectivity index (χ3n) is 4.30. The summed E-state index contributed by atoms with van der Waals surface area (Å²) in [4.78, 5) is 15.4. The Balaban J connectivity index is 0.00000300.